The van der Waals surface area contributed by atoms with Gasteiger partial charge in [0, 0.05) is 11.3 Å². The first-order valence-electron chi connectivity index (χ1n) is 10.1. The fourth-order valence-corrected chi connectivity index (χ4v) is 4.11. The van der Waals surface area contributed by atoms with Crippen LogP contribution in [0.3, 0.4) is 0 Å². The van der Waals surface area contributed by atoms with Crippen molar-refractivity contribution < 1.29 is 9.53 Å². The number of aromatic nitrogens is 2. The maximum atomic E-state index is 13.4. The third kappa shape index (κ3) is 3.22. The van der Waals surface area contributed by atoms with Gasteiger partial charge in [-0.1, -0.05) is 48.5 Å². The number of amides is 2. The van der Waals surface area contributed by atoms with E-state index in [-0.39, 0.29) is 12.1 Å². The normalized spacial score (nSPS) is 15.4. The summed E-state index contributed by atoms with van der Waals surface area (Å²) in [6, 6.07) is 26.8. The molecule has 1 N–H and O–H groups in total. The molecule has 3 aromatic carbocycles. The number of carbonyl (C=O) groups is 1. The number of para-hydroxylation sites is 2. The number of hydrogen-bond acceptors (Lipinski definition) is 3. The number of methoxy groups -OCH3 is 1. The molecule has 5 rings (SSSR count). The molecular formula is C25H22N4O2. The number of urea groups is 1. The monoisotopic (exact) mass is 410 g/mol. The molecule has 4 aromatic rings. The Morgan fingerprint density at radius 2 is 1.48 bits per heavy atom. The zero-order valence-corrected chi connectivity index (χ0v) is 17.3. The van der Waals surface area contributed by atoms with Crippen molar-refractivity contribution in [2.45, 2.75) is 13.0 Å². The Balaban J connectivity index is 1.73. The van der Waals surface area contributed by atoms with E-state index in [9.17, 15) is 4.79 Å². The smallest absolute Gasteiger partial charge is 0.328 e. The standard InChI is InChI=1S/C25H22N4O2/c1-17-22-23(18-13-15-21(31-2)16-14-18)28(19-9-5-3-6-10-19)25(30)26-24(22)29(27-17)20-11-7-4-8-12-20/h3-16,23H,1-2H3,(H,26,30). The molecule has 0 aliphatic carbocycles. The Morgan fingerprint density at radius 1 is 0.871 bits per heavy atom. The number of nitrogens with one attached hydrogen (secondary N) is 1. The topological polar surface area (TPSA) is 59.4 Å². The maximum absolute atomic E-state index is 13.4. The van der Waals surface area contributed by atoms with E-state index in [4.69, 9.17) is 9.84 Å². The van der Waals surface area contributed by atoms with Crippen LogP contribution in [0.15, 0.2) is 84.9 Å². The van der Waals surface area contributed by atoms with Crippen LogP contribution in [0.2, 0.25) is 0 Å². The molecule has 1 aliphatic heterocycles. The molecular weight excluding hydrogens is 388 g/mol. The van der Waals surface area contributed by atoms with Gasteiger partial charge in [-0.2, -0.15) is 5.10 Å². The molecule has 2 amide bonds. The lowest BCUT2D eigenvalue weighted by molar-refractivity contribution is 0.254. The van der Waals surface area contributed by atoms with Gasteiger partial charge < -0.3 is 4.74 Å². The Hall–Kier alpha value is -4.06. The molecule has 154 valence electrons. The summed E-state index contributed by atoms with van der Waals surface area (Å²) >= 11 is 0. The molecule has 0 saturated carbocycles. The van der Waals surface area contributed by atoms with Crippen LogP contribution in [0.5, 0.6) is 5.75 Å². The first kappa shape index (κ1) is 18.9. The summed E-state index contributed by atoms with van der Waals surface area (Å²) in [5.74, 6) is 1.47. The average Bonchev–Trinajstić information content (AvgIpc) is 3.15. The molecule has 0 radical (unpaired) electrons. The minimum atomic E-state index is -0.325. The van der Waals surface area contributed by atoms with Crippen molar-refractivity contribution >= 4 is 17.5 Å². The van der Waals surface area contributed by atoms with E-state index in [2.05, 4.69) is 5.32 Å². The van der Waals surface area contributed by atoms with Gasteiger partial charge in [-0.25, -0.2) is 9.48 Å². The second-order valence-corrected chi connectivity index (χ2v) is 7.41. The Kier molecular flexibility index (Phi) is 4.67. The second kappa shape index (κ2) is 7.65. The van der Waals surface area contributed by atoms with Crippen molar-refractivity contribution in [2.24, 2.45) is 0 Å². The van der Waals surface area contributed by atoms with E-state index in [1.165, 1.54) is 0 Å². The summed E-state index contributed by atoms with van der Waals surface area (Å²) in [6.07, 6.45) is 0. The molecule has 1 aromatic heterocycles. The molecule has 0 bridgehead atoms. The fourth-order valence-electron chi connectivity index (χ4n) is 4.11. The zero-order valence-electron chi connectivity index (χ0n) is 17.3. The lowest BCUT2D eigenvalue weighted by Crippen LogP contribution is -2.43. The van der Waals surface area contributed by atoms with Crippen molar-refractivity contribution in [3.05, 3.63) is 102 Å². The van der Waals surface area contributed by atoms with Gasteiger partial charge in [0.25, 0.3) is 0 Å². The van der Waals surface area contributed by atoms with Crippen LogP contribution >= 0.6 is 0 Å². The van der Waals surface area contributed by atoms with Crippen molar-refractivity contribution in [3.63, 3.8) is 0 Å². The van der Waals surface area contributed by atoms with Crippen LogP contribution in [0, 0.1) is 6.92 Å². The zero-order chi connectivity index (χ0) is 21.4. The highest BCUT2D eigenvalue weighted by Crippen LogP contribution is 2.43. The van der Waals surface area contributed by atoms with E-state index in [0.29, 0.717) is 5.82 Å². The number of carbonyl (C=O) groups excluding carboxylic acids is 1. The minimum absolute atomic E-state index is 0.198. The number of fused-ring (bicyclic) bond motifs is 1. The molecule has 0 fully saturated rings. The summed E-state index contributed by atoms with van der Waals surface area (Å²) in [4.78, 5) is 15.2. The van der Waals surface area contributed by atoms with Crippen molar-refractivity contribution in [1.29, 1.82) is 0 Å². The van der Waals surface area contributed by atoms with Crippen molar-refractivity contribution in [3.8, 4) is 11.4 Å². The van der Waals surface area contributed by atoms with E-state index in [1.807, 2.05) is 91.9 Å². The summed E-state index contributed by atoms with van der Waals surface area (Å²) < 4.78 is 7.14. The van der Waals surface area contributed by atoms with Crippen LogP contribution in [0.4, 0.5) is 16.3 Å². The van der Waals surface area contributed by atoms with Gasteiger partial charge in [0.15, 0.2) is 0 Å². The minimum Gasteiger partial charge on any atom is -0.497 e. The van der Waals surface area contributed by atoms with Gasteiger partial charge in [0.2, 0.25) is 0 Å². The Labute approximate surface area is 180 Å². The van der Waals surface area contributed by atoms with Gasteiger partial charge in [0.05, 0.1) is 24.5 Å². The van der Waals surface area contributed by atoms with Crippen LogP contribution in [-0.4, -0.2) is 22.9 Å². The molecule has 0 saturated heterocycles. The van der Waals surface area contributed by atoms with Gasteiger partial charge in [-0.15, -0.1) is 0 Å². The number of rotatable bonds is 4. The summed E-state index contributed by atoms with van der Waals surface area (Å²) in [6.45, 7) is 1.98. The van der Waals surface area contributed by atoms with E-state index >= 15 is 0 Å². The van der Waals surface area contributed by atoms with Crippen LogP contribution in [0.1, 0.15) is 22.9 Å². The summed E-state index contributed by atoms with van der Waals surface area (Å²) in [5.41, 5.74) is 4.53. The quantitative estimate of drug-likeness (QED) is 0.495. The third-order valence-corrected chi connectivity index (χ3v) is 5.55. The van der Waals surface area contributed by atoms with Gasteiger partial charge in [-0.05, 0) is 48.9 Å². The number of anilines is 2. The number of nitrogens with zero attached hydrogens (tertiary/aromatic N) is 3. The third-order valence-electron chi connectivity index (χ3n) is 5.55. The lowest BCUT2D eigenvalue weighted by atomic mass is 9.94. The highest BCUT2D eigenvalue weighted by molar-refractivity contribution is 6.05. The number of aryl methyl sites for hydroxylation is 1. The predicted octanol–water partition coefficient (Wildman–Crippen LogP) is 5.33. The van der Waals surface area contributed by atoms with Crippen LogP contribution in [-0.2, 0) is 0 Å². The number of benzene rings is 3. The van der Waals surface area contributed by atoms with Gasteiger partial charge >= 0.3 is 6.03 Å². The molecule has 1 atom stereocenters. The molecule has 2 heterocycles. The Morgan fingerprint density at radius 3 is 2.10 bits per heavy atom. The molecule has 6 heteroatoms. The maximum Gasteiger partial charge on any atom is 0.328 e. The molecule has 31 heavy (non-hydrogen) atoms. The molecule has 1 aliphatic rings. The lowest BCUT2D eigenvalue weighted by Gasteiger charge is -2.36. The van der Waals surface area contributed by atoms with Crippen LogP contribution in [0.25, 0.3) is 5.69 Å². The fraction of sp³-hybridized carbons (Fsp3) is 0.120. The van der Waals surface area contributed by atoms with Crippen LogP contribution < -0.4 is 15.0 Å². The second-order valence-electron chi connectivity index (χ2n) is 7.41. The molecule has 6 nitrogen and oxygen atoms in total. The number of hydrogen-bond donors (Lipinski definition) is 1. The Bertz CT molecular complexity index is 1220. The largest absolute Gasteiger partial charge is 0.497 e. The summed E-state index contributed by atoms with van der Waals surface area (Å²) in [7, 11) is 1.64. The number of ether oxygens (including phenoxy) is 1. The van der Waals surface area contributed by atoms with Gasteiger partial charge in [-0.3, -0.25) is 10.2 Å². The van der Waals surface area contributed by atoms with E-state index < -0.39 is 0 Å². The first-order chi connectivity index (χ1) is 15.2. The van der Waals surface area contributed by atoms with Gasteiger partial charge in [0.1, 0.15) is 11.6 Å². The first-order valence-corrected chi connectivity index (χ1v) is 10.1. The molecule has 0 spiro atoms. The summed E-state index contributed by atoms with van der Waals surface area (Å²) in [5, 5.41) is 7.87. The van der Waals surface area contributed by atoms with Crippen molar-refractivity contribution in [1.82, 2.24) is 9.78 Å². The highest BCUT2D eigenvalue weighted by atomic mass is 16.5. The van der Waals surface area contributed by atoms with E-state index in [0.717, 1.165) is 33.9 Å². The average molecular weight is 410 g/mol. The predicted molar refractivity (Wildman–Crippen MR) is 121 cm³/mol. The molecule has 1 unspecified atom stereocenters. The SMILES string of the molecule is COc1ccc(C2c3c(C)nn(-c4ccccc4)c3NC(=O)N2c2ccccc2)cc1. The van der Waals surface area contributed by atoms with Crippen molar-refractivity contribution in [2.75, 3.05) is 17.3 Å². The highest BCUT2D eigenvalue weighted by Gasteiger charge is 2.39. The van der Waals surface area contributed by atoms with E-state index in [1.54, 1.807) is 16.7 Å².